The molecule has 0 unspecified atom stereocenters. The summed E-state index contributed by atoms with van der Waals surface area (Å²) < 4.78 is 1.42. The van der Waals surface area contributed by atoms with Gasteiger partial charge in [-0.25, -0.2) is 0 Å². The maximum atomic E-state index is 11.9. The fourth-order valence-corrected chi connectivity index (χ4v) is 2.00. The van der Waals surface area contributed by atoms with E-state index in [0.29, 0.717) is 0 Å². The third kappa shape index (κ3) is 2.49. The fraction of sp³-hybridized carbons (Fsp3) is 0.364. The van der Waals surface area contributed by atoms with Gasteiger partial charge in [-0.3, -0.25) is 14.6 Å². The second-order valence-electron chi connectivity index (χ2n) is 4.38. The molecule has 1 atom stereocenters. The zero-order chi connectivity index (χ0) is 14.9. The summed E-state index contributed by atoms with van der Waals surface area (Å²) in [5, 5.41) is 18.5. The molecule has 0 saturated carbocycles. The van der Waals surface area contributed by atoms with Gasteiger partial charge in [0.1, 0.15) is 5.65 Å². The predicted molar refractivity (Wildman–Crippen MR) is 71.0 cm³/mol. The monoisotopic (exact) mass is 281 g/mol. The van der Waals surface area contributed by atoms with Gasteiger partial charge in [0.25, 0.3) is 11.5 Å². The third-order valence-corrected chi connectivity index (χ3v) is 2.88. The molecule has 0 saturated heterocycles. The van der Waals surface area contributed by atoms with Crippen molar-refractivity contribution in [1.82, 2.24) is 14.5 Å². The molecule has 2 aromatic rings. The van der Waals surface area contributed by atoms with E-state index in [1.165, 1.54) is 10.8 Å². The van der Waals surface area contributed by atoms with Crippen molar-refractivity contribution < 1.29 is 15.0 Å². The number of nitrogens with zero attached hydrogens (tertiary/aromatic N) is 2. The highest BCUT2D eigenvalue weighted by Crippen LogP contribution is 2.17. The summed E-state index contributed by atoms with van der Waals surface area (Å²) in [5.41, 5.74) is 10.3. The van der Waals surface area contributed by atoms with Crippen LogP contribution >= 0.6 is 0 Å². The number of nitrogens with one attached hydrogen (secondary N) is 1. The molecule has 108 valence electrons. The van der Waals surface area contributed by atoms with Gasteiger partial charge in [0.05, 0.1) is 23.6 Å². The van der Waals surface area contributed by atoms with Gasteiger partial charge < -0.3 is 26.2 Å². The molecule has 0 fully saturated rings. The topological polar surface area (TPSA) is 160 Å². The number of aromatic amines is 1. The Kier molecular flexibility index (Phi) is 3.72. The van der Waals surface area contributed by atoms with Crippen LogP contribution in [0.5, 0.6) is 0 Å². The van der Waals surface area contributed by atoms with Crippen molar-refractivity contribution in [2.45, 2.75) is 19.1 Å². The molecule has 0 spiro atoms. The molecule has 0 radical (unpaired) electrons. The lowest BCUT2D eigenvalue weighted by molar-refractivity contribution is 0.0999. The highest BCUT2D eigenvalue weighted by molar-refractivity contribution is 6.05. The number of aliphatic hydroxyl groups is 2. The number of anilines is 1. The maximum absolute atomic E-state index is 11.9. The molecule has 7 N–H and O–H groups in total. The lowest BCUT2D eigenvalue weighted by Gasteiger charge is -2.10. The number of primary amides is 1. The van der Waals surface area contributed by atoms with Crippen molar-refractivity contribution in [2.24, 2.45) is 5.73 Å². The number of hydrogen-bond acceptors (Lipinski definition) is 6. The zero-order valence-electron chi connectivity index (χ0n) is 10.5. The number of carbonyl (C=O) groups excluding carboxylic acids is 1. The Hall–Kier alpha value is -2.39. The second-order valence-corrected chi connectivity index (χ2v) is 4.38. The molecule has 1 amide bonds. The second kappa shape index (κ2) is 5.31. The van der Waals surface area contributed by atoms with E-state index in [9.17, 15) is 14.7 Å². The van der Waals surface area contributed by atoms with Crippen LogP contribution in [0.2, 0.25) is 0 Å². The van der Waals surface area contributed by atoms with E-state index in [-0.39, 0.29) is 42.1 Å². The first-order valence-electron chi connectivity index (χ1n) is 5.91. The smallest absolute Gasteiger partial charge is 0.262 e. The van der Waals surface area contributed by atoms with Crippen molar-refractivity contribution >= 4 is 22.9 Å². The van der Waals surface area contributed by atoms with Gasteiger partial charge in [0, 0.05) is 12.8 Å². The number of fused-ring (bicyclic) bond motifs is 1. The summed E-state index contributed by atoms with van der Waals surface area (Å²) in [4.78, 5) is 29.5. The van der Waals surface area contributed by atoms with Crippen LogP contribution in [0.1, 0.15) is 16.8 Å². The Morgan fingerprint density at radius 3 is 2.85 bits per heavy atom. The van der Waals surface area contributed by atoms with Crippen LogP contribution in [0, 0.1) is 0 Å². The minimum atomic E-state index is -0.848. The Balaban J connectivity index is 2.60. The number of hydrogen-bond donors (Lipinski definition) is 5. The van der Waals surface area contributed by atoms with Gasteiger partial charge in [-0.1, -0.05) is 0 Å². The van der Waals surface area contributed by atoms with Crippen LogP contribution in [0.15, 0.2) is 11.0 Å². The maximum Gasteiger partial charge on any atom is 0.262 e. The minimum Gasteiger partial charge on any atom is -0.396 e. The van der Waals surface area contributed by atoms with Crippen LogP contribution in [-0.4, -0.2) is 43.4 Å². The van der Waals surface area contributed by atoms with E-state index in [4.69, 9.17) is 16.6 Å². The van der Waals surface area contributed by atoms with Crippen molar-refractivity contribution in [3.63, 3.8) is 0 Å². The highest BCUT2D eigenvalue weighted by atomic mass is 16.3. The van der Waals surface area contributed by atoms with Crippen LogP contribution in [0.4, 0.5) is 5.95 Å². The summed E-state index contributed by atoms with van der Waals surface area (Å²) in [7, 11) is 0. The summed E-state index contributed by atoms with van der Waals surface area (Å²) in [6, 6.07) is 0. The van der Waals surface area contributed by atoms with Crippen LogP contribution in [0.3, 0.4) is 0 Å². The summed E-state index contributed by atoms with van der Waals surface area (Å²) in [5.74, 6) is -0.878. The van der Waals surface area contributed by atoms with Crippen molar-refractivity contribution in [3.8, 4) is 0 Å². The normalized spacial score (nSPS) is 12.7. The Morgan fingerprint density at radius 2 is 2.25 bits per heavy atom. The van der Waals surface area contributed by atoms with E-state index in [2.05, 4.69) is 9.97 Å². The first-order chi connectivity index (χ1) is 9.43. The molecular formula is C11H15N5O4. The van der Waals surface area contributed by atoms with Crippen molar-refractivity contribution in [2.75, 3.05) is 12.3 Å². The standard InChI is InChI=1S/C11H15N5O4/c12-8(19)6-4-16(3-5(18)1-2-17)9-7(6)10(20)15-11(13)14-9/h4-5,17-18H,1-3H2,(H2,12,19)(H3,13,14,15,20)/t5-/m0/s1. The summed E-state index contributed by atoms with van der Waals surface area (Å²) in [6.45, 7) is -0.126. The number of nitrogens with two attached hydrogens (primary N) is 2. The number of carbonyl (C=O) groups is 1. The fourth-order valence-electron chi connectivity index (χ4n) is 2.00. The Labute approximate surface area is 112 Å². The average Bonchev–Trinajstić information content (AvgIpc) is 2.68. The molecule has 20 heavy (non-hydrogen) atoms. The molecule has 2 rings (SSSR count). The van der Waals surface area contributed by atoms with Gasteiger partial charge in [0.15, 0.2) is 0 Å². The molecule has 9 nitrogen and oxygen atoms in total. The molecule has 0 bridgehead atoms. The largest absolute Gasteiger partial charge is 0.396 e. The van der Waals surface area contributed by atoms with Crippen molar-refractivity contribution in [3.05, 3.63) is 22.1 Å². The van der Waals surface area contributed by atoms with Gasteiger partial charge >= 0.3 is 0 Å². The number of aromatic nitrogens is 3. The third-order valence-electron chi connectivity index (χ3n) is 2.88. The number of H-pyrrole nitrogens is 1. The first-order valence-corrected chi connectivity index (χ1v) is 5.91. The molecule has 0 aliphatic carbocycles. The molecule has 0 aliphatic rings. The molecular weight excluding hydrogens is 266 g/mol. The lowest BCUT2D eigenvalue weighted by atomic mass is 10.2. The van der Waals surface area contributed by atoms with Crippen molar-refractivity contribution in [1.29, 1.82) is 0 Å². The Bertz CT molecular complexity index is 705. The predicted octanol–water partition coefficient (Wildman–Crippen LogP) is -1.85. The number of amides is 1. The summed E-state index contributed by atoms with van der Waals surface area (Å²) >= 11 is 0. The van der Waals surface area contributed by atoms with E-state index in [1.807, 2.05) is 0 Å². The zero-order valence-corrected chi connectivity index (χ0v) is 10.5. The molecule has 9 heteroatoms. The van der Waals surface area contributed by atoms with Gasteiger partial charge in [-0.2, -0.15) is 4.98 Å². The Morgan fingerprint density at radius 1 is 1.55 bits per heavy atom. The molecule has 0 aromatic carbocycles. The van der Waals surface area contributed by atoms with Gasteiger partial charge in [-0.05, 0) is 6.42 Å². The van der Waals surface area contributed by atoms with Gasteiger partial charge in [0.2, 0.25) is 5.95 Å². The van der Waals surface area contributed by atoms with Crippen LogP contribution in [0.25, 0.3) is 11.0 Å². The SMILES string of the molecule is NC(=O)c1cn(C[C@@H](O)CCO)c2nc(N)[nH]c(=O)c12. The van der Waals surface area contributed by atoms with Crippen LogP contribution < -0.4 is 17.0 Å². The van der Waals surface area contributed by atoms with E-state index in [0.717, 1.165) is 0 Å². The van der Waals surface area contributed by atoms with Gasteiger partial charge in [-0.15, -0.1) is 0 Å². The molecule has 0 aliphatic heterocycles. The number of aliphatic hydroxyl groups excluding tert-OH is 2. The number of nitrogen functional groups attached to an aromatic ring is 1. The van der Waals surface area contributed by atoms with E-state index in [1.54, 1.807) is 0 Å². The van der Waals surface area contributed by atoms with E-state index < -0.39 is 17.6 Å². The lowest BCUT2D eigenvalue weighted by Crippen LogP contribution is -2.18. The molecule has 2 heterocycles. The quantitative estimate of drug-likeness (QED) is 0.432. The minimum absolute atomic E-state index is 0.00458. The van der Waals surface area contributed by atoms with E-state index >= 15 is 0 Å². The summed E-state index contributed by atoms with van der Waals surface area (Å²) in [6.07, 6.45) is 0.651. The van der Waals surface area contributed by atoms with Crippen LogP contribution in [-0.2, 0) is 6.54 Å². The highest BCUT2D eigenvalue weighted by Gasteiger charge is 2.19. The number of rotatable bonds is 5. The molecule has 2 aromatic heterocycles. The first kappa shape index (κ1) is 14.0. The average molecular weight is 281 g/mol.